The van der Waals surface area contributed by atoms with E-state index in [0.717, 1.165) is 35.0 Å². The third-order valence-corrected chi connectivity index (χ3v) is 7.27. The Kier molecular flexibility index (Phi) is 5.35. The van der Waals surface area contributed by atoms with Gasteiger partial charge in [0.15, 0.2) is 0 Å². The summed E-state index contributed by atoms with van der Waals surface area (Å²) in [6.45, 7) is 6.96. The molecule has 0 spiro atoms. The monoisotopic (exact) mass is 302 g/mol. The smallest absolute Gasteiger partial charge is 0.0209 e. The van der Waals surface area contributed by atoms with Gasteiger partial charge in [0.25, 0.3) is 0 Å². The maximum absolute atomic E-state index is 2.41. The van der Waals surface area contributed by atoms with Crippen molar-refractivity contribution in [2.24, 2.45) is 35.0 Å². The molecule has 126 valence electrons. The molecule has 3 aliphatic carbocycles. The number of hydrogen-bond acceptors (Lipinski definition) is 0. The van der Waals surface area contributed by atoms with E-state index in [2.05, 4.69) is 32.9 Å². The molecular formula is C22H38. The first kappa shape index (κ1) is 16.6. The van der Waals surface area contributed by atoms with Crippen LogP contribution in [-0.2, 0) is 0 Å². The zero-order valence-corrected chi connectivity index (χ0v) is 15.3. The van der Waals surface area contributed by atoms with Crippen LogP contribution < -0.4 is 0 Å². The third kappa shape index (κ3) is 3.46. The van der Waals surface area contributed by atoms with Gasteiger partial charge < -0.3 is 0 Å². The molecule has 0 aromatic heterocycles. The van der Waals surface area contributed by atoms with E-state index < -0.39 is 0 Å². The highest BCUT2D eigenvalue weighted by Crippen LogP contribution is 2.73. The predicted octanol–water partition coefficient (Wildman–Crippen LogP) is 7.00. The lowest BCUT2D eigenvalue weighted by atomic mass is 9.76. The molecule has 0 heteroatoms. The van der Waals surface area contributed by atoms with Gasteiger partial charge in [0.2, 0.25) is 0 Å². The van der Waals surface area contributed by atoms with Crippen molar-refractivity contribution in [3.8, 4) is 0 Å². The Hall–Kier alpha value is -0.260. The molecule has 0 radical (unpaired) electrons. The fourth-order valence-corrected chi connectivity index (χ4v) is 5.77. The van der Waals surface area contributed by atoms with Crippen molar-refractivity contribution in [3.63, 3.8) is 0 Å². The van der Waals surface area contributed by atoms with Crippen molar-refractivity contribution < 1.29 is 0 Å². The summed E-state index contributed by atoms with van der Waals surface area (Å²) in [5.74, 6) is 5.55. The SMILES string of the molecule is CC=CCCCC(CCC)C1(C2CC2)CC1CC1CC1CC. The summed E-state index contributed by atoms with van der Waals surface area (Å²) in [5.41, 5.74) is 0.826. The fourth-order valence-electron chi connectivity index (χ4n) is 5.77. The Bertz CT molecular complexity index is 377. The molecule has 0 aromatic carbocycles. The average Bonchev–Trinajstić information content (AvgIpc) is 3.37. The van der Waals surface area contributed by atoms with E-state index in [9.17, 15) is 0 Å². The van der Waals surface area contributed by atoms with Crippen molar-refractivity contribution in [2.45, 2.75) is 91.4 Å². The lowest BCUT2D eigenvalue weighted by Gasteiger charge is -2.29. The van der Waals surface area contributed by atoms with Crippen LogP contribution in [0.2, 0.25) is 0 Å². The first-order valence-electron chi connectivity index (χ1n) is 10.4. The minimum atomic E-state index is 0.826. The fraction of sp³-hybridized carbons (Fsp3) is 0.909. The van der Waals surface area contributed by atoms with Crippen molar-refractivity contribution in [1.82, 2.24) is 0 Å². The van der Waals surface area contributed by atoms with E-state index in [-0.39, 0.29) is 0 Å². The minimum absolute atomic E-state index is 0.826. The molecule has 0 aromatic rings. The Balaban J connectivity index is 1.56. The molecule has 3 rings (SSSR count). The summed E-state index contributed by atoms with van der Waals surface area (Å²) >= 11 is 0. The maximum Gasteiger partial charge on any atom is -0.0209 e. The van der Waals surface area contributed by atoms with Crippen LogP contribution in [0.25, 0.3) is 0 Å². The number of hydrogen-bond donors (Lipinski definition) is 0. The van der Waals surface area contributed by atoms with E-state index in [0.29, 0.717) is 0 Å². The summed E-state index contributed by atoms with van der Waals surface area (Å²) in [4.78, 5) is 0. The van der Waals surface area contributed by atoms with Gasteiger partial charge in [-0.2, -0.15) is 0 Å². The molecule has 0 nitrogen and oxygen atoms in total. The molecule has 5 atom stereocenters. The van der Waals surface area contributed by atoms with Crippen LogP contribution in [0.3, 0.4) is 0 Å². The number of allylic oxidation sites excluding steroid dienone is 2. The Morgan fingerprint density at radius 2 is 1.95 bits per heavy atom. The summed E-state index contributed by atoms with van der Waals surface area (Å²) < 4.78 is 0. The lowest BCUT2D eigenvalue weighted by molar-refractivity contribution is 0.202. The Labute approximate surface area is 139 Å². The molecule has 3 aliphatic rings. The summed E-state index contributed by atoms with van der Waals surface area (Å²) in [6.07, 6.45) is 21.1. The summed E-state index contributed by atoms with van der Waals surface area (Å²) in [7, 11) is 0. The number of unbranched alkanes of at least 4 members (excludes halogenated alkanes) is 1. The van der Waals surface area contributed by atoms with Gasteiger partial charge >= 0.3 is 0 Å². The van der Waals surface area contributed by atoms with Crippen LogP contribution in [0.15, 0.2) is 12.2 Å². The molecule has 0 saturated heterocycles. The number of rotatable bonds is 11. The van der Waals surface area contributed by atoms with E-state index in [1.54, 1.807) is 32.1 Å². The highest BCUT2D eigenvalue weighted by atomic mass is 14.7. The second-order valence-corrected chi connectivity index (χ2v) is 8.67. The van der Waals surface area contributed by atoms with Gasteiger partial charge in [-0.15, -0.1) is 0 Å². The summed E-state index contributed by atoms with van der Waals surface area (Å²) in [6, 6.07) is 0. The largest absolute Gasteiger partial charge is 0.0917 e. The molecule has 22 heavy (non-hydrogen) atoms. The zero-order valence-electron chi connectivity index (χ0n) is 15.3. The standard InChI is InChI=1S/C22H38/c1-4-7-8-9-11-19(10-5-2)22(20-12-13-20)16-21(22)15-18-14-17(18)6-3/h4,7,17-21H,5-6,8-16H2,1-3H3. The first-order valence-corrected chi connectivity index (χ1v) is 10.4. The summed E-state index contributed by atoms with van der Waals surface area (Å²) in [5, 5.41) is 0. The molecule has 5 unspecified atom stereocenters. The highest BCUT2D eigenvalue weighted by Gasteiger charge is 2.65. The van der Waals surface area contributed by atoms with Gasteiger partial charge in [0, 0.05) is 0 Å². The van der Waals surface area contributed by atoms with Crippen molar-refractivity contribution >= 4 is 0 Å². The van der Waals surface area contributed by atoms with Crippen LogP contribution in [0.5, 0.6) is 0 Å². The Morgan fingerprint density at radius 3 is 2.55 bits per heavy atom. The van der Waals surface area contributed by atoms with E-state index in [1.807, 2.05) is 0 Å². The topological polar surface area (TPSA) is 0 Å². The molecule has 3 fully saturated rings. The van der Waals surface area contributed by atoms with Crippen LogP contribution in [0.1, 0.15) is 91.4 Å². The van der Waals surface area contributed by atoms with Gasteiger partial charge in [-0.25, -0.2) is 0 Å². The van der Waals surface area contributed by atoms with Gasteiger partial charge in [0.05, 0.1) is 0 Å². The van der Waals surface area contributed by atoms with Gasteiger partial charge in [-0.3, -0.25) is 0 Å². The minimum Gasteiger partial charge on any atom is -0.0917 e. The molecular weight excluding hydrogens is 264 g/mol. The Morgan fingerprint density at radius 1 is 1.14 bits per heavy atom. The van der Waals surface area contributed by atoms with Crippen molar-refractivity contribution in [2.75, 3.05) is 0 Å². The van der Waals surface area contributed by atoms with E-state index in [1.165, 1.54) is 38.5 Å². The van der Waals surface area contributed by atoms with E-state index in [4.69, 9.17) is 0 Å². The average molecular weight is 303 g/mol. The van der Waals surface area contributed by atoms with Gasteiger partial charge in [-0.1, -0.05) is 45.3 Å². The van der Waals surface area contributed by atoms with Crippen molar-refractivity contribution in [1.29, 1.82) is 0 Å². The molecule has 0 aliphatic heterocycles. The van der Waals surface area contributed by atoms with Crippen LogP contribution in [0, 0.1) is 35.0 Å². The predicted molar refractivity (Wildman–Crippen MR) is 96.8 cm³/mol. The van der Waals surface area contributed by atoms with Gasteiger partial charge in [-0.05, 0) is 93.3 Å². The molecule has 3 saturated carbocycles. The quantitative estimate of drug-likeness (QED) is 0.284. The highest BCUT2D eigenvalue weighted by molar-refractivity contribution is 5.14. The molecule has 0 heterocycles. The van der Waals surface area contributed by atoms with Crippen molar-refractivity contribution in [3.05, 3.63) is 12.2 Å². The van der Waals surface area contributed by atoms with Gasteiger partial charge in [0.1, 0.15) is 0 Å². The lowest BCUT2D eigenvalue weighted by Crippen LogP contribution is -2.21. The second kappa shape index (κ2) is 7.10. The van der Waals surface area contributed by atoms with E-state index >= 15 is 0 Å². The molecule has 0 N–H and O–H groups in total. The second-order valence-electron chi connectivity index (χ2n) is 8.67. The molecule has 0 bridgehead atoms. The maximum atomic E-state index is 2.41. The first-order chi connectivity index (χ1) is 10.8. The van der Waals surface area contributed by atoms with Crippen LogP contribution in [-0.4, -0.2) is 0 Å². The third-order valence-electron chi connectivity index (χ3n) is 7.27. The normalized spacial score (nSPS) is 38.4. The molecule has 0 amide bonds. The van der Waals surface area contributed by atoms with Crippen LogP contribution >= 0.6 is 0 Å². The zero-order chi connectivity index (χ0) is 15.6. The van der Waals surface area contributed by atoms with Crippen LogP contribution in [0.4, 0.5) is 0 Å².